The Labute approximate surface area is 171 Å². The van der Waals surface area contributed by atoms with Gasteiger partial charge < -0.3 is 24.8 Å². The van der Waals surface area contributed by atoms with Crippen LogP contribution < -0.4 is 24.8 Å². The maximum absolute atomic E-state index is 6.43. The number of hydrogen-bond acceptors (Lipinski definition) is 1. The van der Waals surface area contributed by atoms with Gasteiger partial charge in [-0.1, -0.05) is 0 Å². The first kappa shape index (κ1) is 23.5. The average molecular weight is 464 g/mol. The van der Waals surface area contributed by atoms with E-state index in [0.29, 0.717) is 0 Å². The molecular formula is C17H25Cl2OSi2Zr. The third-order valence-corrected chi connectivity index (χ3v) is 7.34. The molecule has 0 saturated carbocycles. The molecule has 0 radical (unpaired) electrons. The van der Waals surface area contributed by atoms with Gasteiger partial charge in [0, 0.05) is 0 Å². The van der Waals surface area contributed by atoms with Crippen molar-refractivity contribution in [1.29, 1.82) is 0 Å². The number of rotatable bonds is 5. The molecule has 0 atom stereocenters. The van der Waals surface area contributed by atoms with Crippen LogP contribution >= 0.6 is 0 Å². The predicted octanol–water partition coefficient (Wildman–Crippen LogP) is -1.28. The standard InChI is InChI=1S/C17H25OSi2.2ClH.Zr/c1-19(2)17(18-20(3,4)5)13-15-11-8-12-16(15)14-9-6-7-10-14;;;/h6-7,9,12H,8,10,13H2,1-5H3;2*1H;/q;;;+2/p-2. The van der Waals surface area contributed by atoms with Crippen molar-refractivity contribution < 1.29 is 54.0 Å². The van der Waals surface area contributed by atoms with E-state index in [4.69, 9.17) is 4.43 Å². The van der Waals surface area contributed by atoms with E-state index in [1.54, 1.807) is 33.6 Å². The van der Waals surface area contributed by atoms with Crippen molar-refractivity contribution in [3.8, 4) is 0 Å². The molecule has 0 amide bonds. The second kappa shape index (κ2) is 9.87. The summed E-state index contributed by atoms with van der Waals surface area (Å²) in [7, 11) is -2.02. The van der Waals surface area contributed by atoms with E-state index in [2.05, 4.69) is 57.0 Å². The third-order valence-electron chi connectivity index (χ3n) is 3.64. The Morgan fingerprint density at radius 2 is 1.87 bits per heavy atom. The molecule has 0 aromatic heterocycles. The van der Waals surface area contributed by atoms with Crippen molar-refractivity contribution in [2.45, 2.75) is 52.0 Å². The van der Waals surface area contributed by atoms with E-state index in [1.165, 1.54) is 16.5 Å². The molecule has 0 unspecified atom stereocenters. The van der Waals surface area contributed by atoms with Crippen LogP contribution in [0, 0.1) is 0 Å². The molecule has 0 spiro atoms. The smallest absolute Gasteiger partial charge is 1.00 e. The van der Waals surface area contributed by atoms with Gasteiger partial charge in [0.05, 0.1) is 0 Å². The molecular weight excluding hydrogens is 438 g/mol. The van der Waals surface area contributed by atoms with Crippen molar-refractivity contribution in [2.75, 3.05) is 0 Å². The summed E-state index contributed by atoms with van der Waals surface area (Å²) in [5.74, 6) is 0. The molecule has 23 heavy (non-hydrogen) atoms. The monoisotopic (exact) mass is 461 g/mol. The fourth-order valence-electron chi connectivity index (χ4n) is 2.63. The summed E-state index contributed by atoms with van der Waals surface area (Å²) >= 11 is 1.56. The molecule has 125 valence electrons. The quantitative estimate of drug-likeness (QED) is 0.462. The second-order valence-corrected chi connectivity index (χ2v) is 15.4. The van der Waals surface area contributed by atoms with Crippen LogP contribution in [0.25, 0.3) is 0 Å². The van der Waals surface area contributed by atoms with Crippen molar-refractivity contribution in [3.63, 3.8) is 0 Å². The second-order valence-electron chi connectivity index (χ2n) is 6.92. The van der Waals surface area contributed by atoms with Gasteiger partial charge >= 0.3 is 148 Å². The molecule has 2 aliphatic rings. The van der Waals surface area contributed by atoms with Gasteiger partial charge in [-0.15, -0.1) is 0 Å². The minimum Gasteiger partial charge on any atom is -1.00 e. The Morgan fingerprint density at radius 3 is 2.35 bits per heavy atom. The molecule has 2 aliphatic carbocycles. The van der Waals surface area contributed by atoms with Crippen LogP contribution in [0.5, 0.6) is 0 Å². The van der Waals surface area contributed by atoms with Crippen LogP contribution in [0.3, 0.4) is 0 Å². The van der Waals surface area contributed by atoms with E-state index in [9.17, 15) is 0 Å². The molecule has 6 heteroatoms. The van der Waals surface area contributed by atoms with E-state index in [-0.39, 0.29) is 24.8 Å². The van der Waals surface area contributed by atoms with Gasteiger partial charge in [0.2, 0.25) is 0 Å². The topological polar surface area (TPSA) is 9.23 Å². The fourth-order valence-corrected chi connectivity index (χ4v) is 6.51. The van der Waals surface area contributed by atoms with Gasteiger partial charge in [0.15, 0.2) is 0 Å². The molecule has 2 rings (SSSR count). The maximum Gasteiger partial charge on any atom is -1.00 e. The first-order valence-electron chi connectivity index (χ1n) is 7.63. The molecule has 1 nitrogen and oxygen atoms in total. The first-order valence-corrected chi connectivity index (χ1v) is 14.8. The van der Waals surface area contributed by atoms with E-state index in [1.807, 2.05) is 0 Å². The van der Waals surface area contributed by atoms with E-state index in [0.717, 1.165) is 19.3 Å². The Morgan fingerprint density at radius 1 is 1.22 bits per heavy atom. The largest absolute Gasteiger partial charge is 1.00 e. The first-order chi connectivity index (χ1) is 9.78. The van der Waals surface area contributed by atoms with E-state index < -0.39 is 16.7 Å². The Hall–Kier alpha value is 0.527. The number of hydrogen-bond donors (Lipinski definition) is 0. The van der Waals surface area contributed by atoms with Crippen LogP contribution in [0.1, 0.15) is 19.3 Å². The summed E-state index contributed by atoms with van der Waals surface area (Å²) in [6, 6.07) is 0. The zero-order chi connectivity index (χ0) is 15.6. The van der Waals surface area contributed by atoms with Gasteiger partial charge in [0.1, 0.15) is 0 Å². The zero-order valence-electron chi connectivity index (χ0n) is 14.6. The van der Waals surface area contributed by atoms with Gasteiger partial charge in [-0.05, 0) is 0 Å². The summed E-state index contributed by atoms with van der Waals surface area (Å²) in [6.45, 7) is 11.6. The van der Waals surface area contributed by atoms with Crippen LogP contribution in [0.4, 0.5) is 0 Å². The Balaban J connectivity index is 0.00000242. The normalized spacial score (nSPS) is 16.5. The van der Waals surface area contributed by atoms with Gasteiger partial charge in [-0.2, -0.15) is 0 Å². The molecule has 0 heterocycles. The summed E-state index contributed by atoms with van der Waals surface area (Å²) < 4.78 is 8.05. The van der Waals surface area contributed by atoms with Gasteiger partial charge in [0.25, 0.3) is 0 Å². The molecule has 0 aromatic rings. The third kappa shape index (κ3) is 6.74. The van der Waals surface area contributed by atoms with Gasteiger partial charge in [-0.3, -0.25) is 0 Å². The zero-order valence-corrected chi connectivity index (χ0v) is 20.6. The van der Waals surface area contributed by atoms with Crippen LogP contribution in [-0.2, 0) is 29.1 Å². The fraction of sp³-hybridized carbons (Fsp3) is 0.471. The van der Waals surface area contributed by atoms with Crippen molar-refractivity contribution in [3.05, 3.63) is 44.3 Å². The van der Waals surface area contributed by atoms with Crippen molar-refractivity contribution >= 4 is 22.1 Å². The molecule has 0 fully saturated rings. The molecule has 0 aromatic carbocycles. The number of halogens is 2. The van der Waals surface area contributed by atoms with Crippen LogP contribution in [0.15, 0.2) is 44.3 Å². The minimum atomic E-state index is -1.50. The predicted molar refractivity (Wildman–Crippen MR) is 93.1 cm³/mol. The summed E-state index contributed by atoms with van der Waals surface area (Å²) in [4.78, 5) is 0. The van der Waals surface area contributed by atoms with Gasteiger partial charge in [-0.25, -0.2) is 0 Å². The molecule has 0 bridgehead atoms. The molecule has 0 N–H and O–H groups in total. The minimum absolute atomic E-state index is 0. The maximum atomic E-state index is 6.43. The van der Waals surface area contributed by atoms with Crippen LogP contribution in [0.2, 0.25) is 32.7 Å². The summed E-state index contributed by atoms with van der Waals surface area (Å²) in [5.41, 5.74) is 4.57. The summed E-state index contributed by atoms with van der Waals surface area (Å²) in [6.07, 6.45) is 12.5. The van der Waals surface area contributed by atoms with Crippen molar-refractivity contribution in [1.82, 2.24) is 0 Å². The van der Waals surface area contributed by atoms with Crippen molar-refractivity contribution in [2.24, 2.45) is 0 Å². The Bertz CT molecular complexity index is 592. The average Bonchev–Trinajstić information content (AvgIpc) is 2.97. The Kier molecular flexibility index (Phi) is 10.1. The summed E-state index contributed by atoms with van der Waals surface area (Å²) in [5, 5.41) is 1.38. The molecule has 0 saturated heterocycles. The molecule has 0 aliphatic heterocycles. The number of allylic oxidation sites excluding steroid dienone is 7. The van der Waals surface area contributed by atoms with E-state index >= 15 is 0 Å². The van der Waals surface area contributed by atoms with Crippen LogP contribution in [-0.4, -0.2) is 22.1 Å². The SMILES string of the molecule is C[Si](C)=C(CC1=[C]([Zr+2])CC=C1C1=CC=CC1)O[Si](C)(C)C.[Cl-].[Cl-].